The fourth-order valence-corrected chi connectivity index (χ4v) is 2.47. The zero-order chi connectivity index (χ0) is 18.5. The van der Waals surface area contributed by atoms with E-state index in [4.69, 9.17) is 10.5 Å². The molecule has 11 heteroatoms. The molecule has 1 unspecified atom stereocenters. The standard InChI is InChI=1S/C13H24N5O5.Pb/c1-8(2)23-7-17-11(20)5-16-13(22)9(3)18-12(21)6-15-10(19)4-14;/h8-9H,3-7,14H2,1-2H3,(H,15,19)(H,16,22)(H,17,20)(H,18,21);. The Hall–Kier alpha value is -1.28. The summed E-state index contributed by atoms with van der Waals surface area (Å²) in [7, 11) is 0. The summed E-state index contributed by atoms with van der Waals surface area (Å²) in [6.45, 7) is 3.05. The second-order valence-electron chi connectivity index (χ2n) is 4.98. The number of nitrogens with one attached hydrogen (secondary N) is 4. The third-order valence-electron chi connectivity index (χ3n) is 2.60. The van der Waals surface area contributed by atoms with Crippen LogP contribution in [0.3, 0.4) is 0 Å². The zero-order valence-corrected chi connectivity index (χ0v) is 17.7. The van der Waals surface area contributed by atoms with Crippen LogP contribution in [-0.2, 0) is 23.9 Å². The molecule has 0 aromatic carbocycles. The van der Waals surface area contributed by atoms with E-state index in [1.54, 1.807) is 0 Å². The topological polar surface area (TPSA) is 152 Å². The Morgan fingerprint density at radius 2 is 1.62 bits per heavy atom. The Balaban J connectivity index is 4.13. The van der Waals surface area contributed by atoms with Gasteiger partial charge in [-0.25, -0.2) is 0 Å². The maximum absolute atomic E-state index is 12.0. The summed E-state index contributed by atoms with van der Waals surface area (Å²) in [5.74, 6) is -1.80. The molecular weight excluding hydrogens is 513 g/mol. The van der Waals surface area contributed by atoms with Crippen molar-refractivity contribution in [2.24, 2.45) is 5.73 Å². The summed E-state index contributed by atoms with van der Waals surface area (Å²) in [5.41, 5.74) is 5.10. The average molecular weight is 538 g/mol. The molecule has 0 saturated heterocycles. The van der Waals surface area contributed by atoms with E-state index in [1.807, 2.05) is 13.8 Å². The number of hydrogen-bond acceptors (Lipinski definition) is 6. The number of hydrogen-bond donors (Lipinski definition) is 5. The van der Waals surface area contributed by atoms with Crippen molar-refractivity contribution in [1.82, 2.24) is 21.3 Å². The van der Waals surface area contributed by atoms with Gasteiger partial charge in [0, 0.05) is 0 Å². The Morgan fingerprint density at radius 1 is 1.00 bits per heavy atom. The van der Waals surface area contributed by atoms with Crippen molar-refractivity contribution in [2.75, 3.05) is 26.4 Å². The normalized spacial score (nSPS) is 11.5. The Kier molecular flexibility index (Phi) is 12.4. The summed E-state index contributed by atoms with van der Waals surface area (Å²) >= 11 is 0.677. The summed E-state index contributed by atoms with van der Waals surface area (Å²) in [6.07, 6.45) is -0.00991. The Bertz CT molecular complexity index is 446. The molecule has 1 atom stereocenters. The van der Waals surface area contributed by atoms with Gasteiger partial charge in [-0.3, -0.25) is 0 Å². The third kappa shape index (κ3) is 11.3. The summed E-state index contributed by atoms with van der Waals surface area (Å²) < 4.78 is 5.63. The van der Waals surface area contributed by atoms with Crippen molar-refractivity contribution in [1.29, 1.82) is 0 Å². The van der Waals surface area contributed by atoms with E-state index in [0.717, 1.165) is 0 Å². The molecule has 6 N–H and O–H groups in total. The first-order valence-corrected chi connectivity index (χ1v) is 10.1. The number of carbonyl (C=O) groups excluding carboxylic acids is 4. The van der Waals surface area contributed by atoms with Gasteiger partial charge in [-0.05, 0) is 0 Å². The summed E-state index contributed by atoms with van der Waals surface area (Å²) in [4.78, 5) is 46.1. The number of carbonyl (C=O) groups is 4. The predicted molar refractivity (Wildman–Crippen MR) is 86.8 cm³/mol. The first kappa shape index (κ1) is 22.7. The third-order valence-corrected chi connectivity index (χ3v) is 4.18. The van der Waals surface area contributed by atoms with Crippen LogP contribution in [-0.4, -0.2) is 87.9 Å². The van der Waals surface area contributed by atoms with Gasteiger partial charge in [0.15, 0.2) is 0 Å². The average Bonchev–Trinajstić information content (AvgIpc) is 2.54. The van der Waals surface area contributed by atoms with Gasteiger partial charge in [-0.2, -0.15) is 0 Å². The van der Waals surface area contributed by atoms with E-state index in [0.29, 0.717) is 29.7 Å². The number of nitrogens with two attached hydrogens (primary N) is 1. The van der Waals surface area contributed by atoms with Crippen molar-refractivity contribution in [2.45, 2.75) is 30.0 Å². The van der Waals surface area contributed by atoms with Gasteiger partial charge in [0.1, 0.15) is 0 Å². The summed E-state index contributed by atoms with van der Waals surface area (Å²) in [6, 6.07) is -0.737. The predicted octanol–water partition coefficient (Wildman–Crippen LogP) is -3.25. The molecule has 0 bridgehead atoms. The second-order valence-corrected chi connectivity index (χ2v) is 6.57. The van der Waals surface area contributed by atoms with Gasteiger partial charge in [0.05, 0.1) is 0 Å². The first-order chi connectivity index (χ1) is 11.3. The molecule has 0 aliphatic rings. The SMILES string of the molecule is CC(C)OCNC(=O)CNC(=O)C([CH2][Pb])NC(=O)CNC(=O)CN. The van der Waals surface area contributed by atoms with Crippen LogP contribution in [0.25, 0.3) is 0 Å². The molecule has 4 amide bonds. The van der Waals surface area contributed by atoms with Crippen molar-refractivity contribution >= 4 is 49.4 Å². The Labute approximate surface area is 156 Å². The minimum atomic E-state index is -0.737. The van der Waals surface area contributed by atoms with E-state index in [-0.39, 0.29) is 32.5 Å². The van der Waals surface area contributed by atoms with E-state index in [2.05, 4.69) is 21.3 Å². The quantitative estimate of drug-likeness (QED) is 0.138. The van der Waals surface area contributed by atoms with Gasteiger partial charge < -0.3 is 0 Å². The van der Waals surface area contributed by atoms with Crippen LogP contribution >= 0.6 is 0 Å². The molecule has 0 aliphatic heterocycles. The van der Waals surface area contributed by atoms with Crippen LogP contribution in [0.2, 0.25) is 3.98 Å². The van der Waals surface area contributed by atoms with Crippen LogP contribution in [0.15, 0.2) is 0 Å². The first-order valence-electron chi connectivity index (χ1n) is 7.36. The van der Waals surface area contributed by atoms with E-state index in [1.165, 1.54) is 0 Å². The van der Waals surface area contributed by atoms with Crippen molar-refractivity contribution < 1.29 is 23.9 Å². The molecule has 0 spiro atoms. The van der Waals surface area contributed by atoms with Gasteiger partial charge in [-0.1, -0.05) is 0 Å². The molecule has 0 fully saturated rings. The number of amides is 4. The van der Waals surface area contributed by atoms with Gasteiger partial charge >= 0.3 is 157 Å². The van der Waals surface area contributed by atoms with E-state index in [9.17, 15) is 19.2 Å². The van der Waals surface area contributed by atoms with E-state index >= 15 is 0 Å². The van der Waals surface area contributed by atoms with E-state index < -0.39 is 29.7 Å². The molecule has 3 radical (unpaired) electrons. The van der Waals surface area contributed by atoms with Crippen LogP contribution in [0.4, 0.5) is 0 Å². The molecule has 135 valence electrons. The van der Waals surface area contributed by atoms with Crippen LogP contribution < -0.4 is 27.0 Å². The van der Waals surface area contributed by atoms with Gasteiger partial charge in [0.2, 0.25) is 0 Å². The number of ether oxygens (including phenoxy) is 1. The molecule has 0 saturated carbocycles. The van der Waals surface area contributed by atoms with Crippen molar-refractivity contribution in [3.63, 3.8) is 0 Å². The van der Waals surface area contributed by atoms with Crippen LogP contribution in [0.5, 0.6) is 0 Å². The zero-order valence-electron chi connectivity index (χ0n) is 13.8. The summed E-state index contributed by atoms with van der Waals surface area (Å²) in [5, 5.41) is 9.75. The van der Waals surface area contributed by atoms with Crippen molar-refractivity contribution in [3.05, 3.63) is 0 Å². The van der Waals surface area contributed by atoms with Gasteiger partial charge in [0.25, 0.3) is 0 Å². The molecule has 0 heterocycles. The molecule has 10 nitrogen and oxygen atoms in total. The van der Waals surface area contributed by atoms with Crippen LogP contribution in [0.1, 0.15) is 13.8 Å². The second kappa shape index (κ2) is 13.1. The molecule has 0 rings (SSSR count). The molecule has 0 aromatic heterocycles. The maximum atomic E-state index is 12.0. The Morgan fingerprint density at radius 3 is 2.17 bits per heavy atom. The molecule has 24 heavy (non-hydrogen) atoms. The van der Waals surface area contributed by atoms with Gasteiger partial charge in [-0.15, -0.1) is 0 Å². The molecule has 0 aromatic rings. The van der Waals surface area contributed by atoms with Crippen LogP contribution in [0, 0.1) is 0 Å². The fourth-order valence-electron chi connectivity index (χ4n) is 1.35. The molecular formula is C13H24N5O5Pb. The minimum absolute atomic E-state index is 0.00991. The molecule has 0 aliphatic carbocycles. The monoisotopic (exact) mass is 538 g/mol. The fraction of sp³-hybridized carbons (Fsp3) is 0.692. The van der Waals surface area contributed by atoms with Crippen molar-refractivity contribution in [3.8, 4) is 0 Å². The number of rotatable bonds is 11.